The third-order valence-corrected chi connectivity index (χ3v) is 4.53. The first-order valence-electron chi connectivity index (χ1n) is 8.15. The second kappa shape index (κ2) is 8.60. The first-order chi connectivity index (χ1) is 11.1. The molecule has 0 aromatic rings. The Kier molecular flexibility index (Phi) is 6.50. The highest BCUT2D eigenvalue weighted by atomic mass is 16.5. The van der Waals surface area contributed by atoms with Crippen LogP contribution in [0.1, 0.15) is 38.5 Å². The van der Waals surface area contributed by atoms with Gasteiger partial charge in [0.2, 0.25) is 11.8 Å². The van der Waals surface area contributed by atoms with Gasteiger partial charge in [0.15, 0.2) is 0 Å². The van der Waals surface area contributed by atoms with E-state index in [-0.39, 0.29) is 30.3 Å². The van der Waals surface area contributed by atoms with Crippen molar-refractivity contribution in [2.75, 3.05) is 20.9 Å². The zero-order valence-electron chi connectivity index (χ0n) is 13.9. The Bertz CT molecular complexity index is 455. The van der Waals surface area contributed by atoms with Crippen molar-refractivity contribution in [2.45, 2.75) is 38.5 Å². The van der Waals surface area contributed by atoms with Crippen LogP contribution in [0, 0.1) is 11.8 Å². The normalized spacial score (nSPS) is 24.1. The summed E-state index contributed by atoms with van der Waals surface area (Å²) in [6, 6.07) is 0. The maximum atomic E-state index is 12.1. The van der Waals surface area contributed by atoms with Crippen LogP contribution < -0.4 is 10.6 Å². The van der Waals surface area contributed by atoms with E-state index in [0.717, 1.165) is 37.2 Å². The van der Waals surface area contributed by atoms with E-state index in [0.29, 0.717) is 12.8 Å². The highest BCUT2D eigenvalue weighted by Gasteiger charge is 2.23. The summed E-state index contributed by atoms with van der Waals surface area (Å²) in [5.41, 5.74) is 0. The highest BCUT2D eigenvalue weighted by Crippen LogP contribution is 2.24. The van der Waals surface area contributed by atoms with E-state index in [1.165, 1.54) is 0 Å². The van der Waals surface area contributed by atoms with Crippen molar-refractivity contribution in [1.82, 2.24) is 10.6 Å². The molecule has 2 aliphatic carbocycles. The number of carbonyl (C=O) groups is 2. The van der Waals surface area contributed by atoms with Gasteiger partial charge in [0.25, 0.3) is 0 Å². The molecule has 2 amide bonds. The predicted molar refractivity (Wildman–Crippen MR) is 86.0 cm³/mol. The average Bonchev–Trinajstić information content (AvgIpc) is 2.61. The number of ether oxygens (including phenoxy) is 2. The van der Waals surface area contributed by atoms with Gasteiger partial charge in [0.1, 0.15) is 0 Å². The summed E-state index contributed by atoms with van der Waals surface area (Å²) in [4.78, 5) is 24.1. The monoisotopic (exact) mass is 322 g/mol. The van der Waals surface area contributed by atoms with E-state index in [4.69, 9.17) is 9.47 Å². The van der Waals surface area contributed by atoms with Crippen LogP contribution >= 0.6 is 0 Å². The first kappa shape index (κ1) is 17.4. The van der Waals surface area contributed by atoms with Crippen molar-refractivity contribution >= 4 is 11.8 Å². The van der Waals surface area contributed by atoms with E-state index < -0.39 is 0 Å². The molecule has 0 fully saturated rings. The summed E-state index contributed by atoms with van der Waals surface area (Å²) in [5, 5.41) is 5.59. The van der Waals surface area contributed by atoms with Crippen molar-refractivity contribution in [3.63, 3.8) is 0 Å². The van der Waals surface area contributed by atoms with Crippen LogP contribution in [0.25, 0.3) is 0 Å². The Morgan fingerprint density at radius 3 is 1.70 bits per heavy atom. The van der Waals surface area contributed by atoms with Crippen LogP contribution in [0.2, 0.25) is 0 Å². The van der Waals surface area contributed by atoms with E-state index in [1.807, 2.05) is 12.2 Å². The molecular formula is C17H26N2O4. The number of methoxy groups -OCH3 is 2. The molecule has 128 valence electrons. The molecule has 0 aliphatic heterocycles. The van der Waals surface area contributed by atoms with Crippen molar-refractivity contribution in [3.8, 4) is 0 Å². The fraction of sp³-hybridized carbons (Fsp3) is 0.647. The molecule has 2 rings (SSSR count). The van der Waals surface area contributed by atoms with Crippen molar-refractivity contribution < 1.29 is 19.1 Å². The van der Waals surface area contributed by atoms with Gasteiger partial charge in [-0.15, -0.1) is 0 Å². The Morgan fingerprint density at radius 1 is 0.957 bits per heavy atom. The quantitative estimate of drug-likeness (QED) is 0.732. The zero-order chi connectivity index (χ0) is 16.7. The fourth-order valence-corrected chi connectivity index (χ4v) is 2.97. The fourth-order valence-electron chi connectivity index (χ4n) is 2.97. The third kappa shape index (κ3) is 5.01. The van der Waals surface area contributed by atoms with E-state index >= 15 is 0 Å². The standard InChI is InChI=1S/C17H26N2O4/c1-22-14-7-3-12(4-8-14)16(20)18-11-19-17(21)13-5-9-15(23-2)10-6-13/h7,9,12-13H,3-6,8,10-11H2,1-2H3,(H,18,20)(H,19,21). The maximum absolute atomic E-state index is 12.1. The van der Waals surface area contributed by atoms with Gasteiger partial charge in [-0.1, -0.05) is 0 Å². The second-order valence-corrected chi connectivity index (χ2v) is 5.95. The van der Waals surface area contributed by atoms with Gasteiger partial charge in [-0.3, -0.25) is 9.59 Å². The minimum absolute atomic E-state index is 0.0121. The van der Waals surface area contributed by atoms with Gasteiger partial charge in [0, 0.05) is 24.7 Å². The molecule has 0 radical (unpaired) electrons. The summed E-state index contributed by atoms with van der Waals surface area (Å²) >= 11 is 0. The highest BCUT2D eigenvalue weighted by molar-refractivity contribution is 5.81. The summed E-state index contributed by atoms with van der Waals surface area (Å²) in [6.45, 7) is 0.187. The number of hydrogen-bond acceptors (Lipinski definition) is 4. The van der Waals surface area contributed by atoms with Gasteiger partial charge < -0.3 is 20.1 Å². The molecule has 2 unspecified atom stereocenters. The van der Waals surface area contributed by atoms with Crippen LogP contribution in [-0.4, -0.2) is 32.7 Å². The van der Waals surface area contributed by atoms with Gasteiger partial charge in [-0.2, -0.15) is 0 Å². The second-order valence-electron chi connectivity index (χ2n) is 5.95. The third-order valence-electron chi connectivity index (χ3n) is 4.53. The minimum atomic E-state index is -0.0346. The Labute approximate surface area is 137 Å². The lowest BCUT2D eigenvalue weighted by Crippen LogP contribution is -2.42. The molecule has 0 bridgehead atoms. The summed E-state index contributed by atoms with van der Waals surface area (Å²) in [7, 11) is 3.30. The van der Waals surface area contributed by atoms with Crippen LogP contribution in [0.5, 0.6) is 0 Å². The molecule has 2 aliphatic rings. The van der Waals surface area contributed by atoms with Crippen molar-refractivity contribution in [2.24, 2.45) is 11.8 Å². The average molecular weight is 322 g/mol. The predicted octanol–water partition coefficient (Wildman–Crippen LogP) is 1.84. The van der Waals surface area contributed by atoms with Crippen molar-refractivity contribution in [3.05, 3.63) is 23.7 Å². The molecule has 23 heavy (non-hydrogen) atoms. The molecule has 2 atom stereocenters. The molecule has 0 saturated carbocycles. The maximum Gasteiger partial charge on any atom is 0.224 e. The Balaban J connectivity index is 1.67. The summed E-state index contributed by atoms with van der Waals surface area (Å²) in [6.07, 6.45) is 8.46. The van der Waals surface area contributed by atoms with E-state index in [2.05, 4.69) is 10.6 Å². The number of rotatable bonds is 6. The van der Waals surface area contributed by atoms with Gasteiger partial charge >= 0.3 is 0 Å². The summed E-state index contributed by atoms with van der Waals surface area (Å²) in [5.74, 6) is 1.80. The molecule has 0 spiro atoms. The van der Waals surface area contributed by atoms with Crippen LogP contribution in [0.3, 0.4) is 0 Å². The van der Waals surface area contributed by atoms with Crippen LogP contribution in [-0.2, 0) is 19.1 Å². The number of amides is 2. The molecule has 2 N–H and O–H groups in total. The lowest BCUT2D eigenvalue weighted by molar-refractivity contribution is -0.127. The molecule has 6 heteroatoms. The van der Waals surface area contributed by atoms with Crippen LogP contribution in [0.15, 0.2) is 23.7 Å². The molecule has 6 nitrogen and oxygen atoms in total. The molecule has 0 aromatic carbocycles. The largest absolute Gasteiger partial charge is 0.501 e. The van der Waals surface area contributed by atoms with Gasteiger partial charge in [0.05, 0.1) is 32.4 Å². The Morgan fingerprint density at radius 2 is 1.39 bits per heavy atom. The lowest BCUT2D eigenvalue weighted by atomic mass is 9.92. The van der Waals surface area contributed by atoms with Crippen LogP contribution in [0.4, 0.5) is 0 Å². The van der Waals surface area contributed by atoms with Crippen molar-refractivity contribution in [1.29, 1.82) is 0 Å². The number of carbonyl (C=O) groups excluding carboxylic acids is 2. The number of nitrogens with one attached hydrogen (secondary N) is 2. The topological polar surface area (TPSA) is 76.7 Å². The van der Waals surface area contributed by atoms with E-state index in [1.54, 1.807) is 14.2 Å². The first-order valence-corrected chi connectivity index (χ1v) is 8.15. The zero-order valence-corrected chi connectivity index (χ0v) is 13.9. The summed E-state index contributed by atoms with van der Waals surface area (Å²) < 4.78 is 10.3. The molecule has 0 aromatic heterocycles. The van der Waals surface area contributed by atoms with Gasteiger partial charge in [-0.05, 0) is 37.8 Å². The molecular weight excluding hydrogens is 296 g/mol. The number of allylic oxidation sites excluding steroid dienone is 4. The minimum Gasteiger partial charge on any atom is -0.501 e. The Hall–Kier alpha value is -1.98. The SMILES string of the molecule is COC1=CCC(C(=O)NCNC(=O)C2CC=C(OC)CC2)CC1. The smallest absolute Gasteiger partial charge is 0.224 e. The number of hydrogen-bond donors (Lipinski definition) is 2. The van der Waals surface area contributed by atoms with Gasteiger partial charge in [-0.25, -0.2) is 0 Å². The lowest BCUT2D eigenvalue weighted by Gasteiger charge is -2.22. The molecule has 0 saturated heterocycles. The van der Waals surface area contributed by atoms with E-state index in [9.17, 15) is 9.59 Å². The molecule has 0 heterocycles.